The second-order valence-electron chi connectivity index (χ2n) is 3.99. The molecule has 1 heterocycles. The molecule has 0 aliphatic carbocycles. The minimum absolute atomic E-state index is 0.230. The van der Waals surface area contributed by atoms with E-state index in [9.17, 15) is 9.59 Å². The van der Waals surface area contributed by atoms with Crippen molar-refractivity contribution in [1.29, 1.82) is 0 Å². The molecule has 0 saturated carbocycles. The highest BCUT2D eigenvalue weighted by molar-refractivity contribution is 6.00. The molecule has 0 unspecified atom stereocenters. The van der Waals surface area contributed by atoms with Crippen LogP contribution in [0.25, 0.3) is 0 Å². The van der Waals surface area contributed by atoms with E-state index < -0.39 is 17.9 Å². The van der Waals surface area contributed by atoms with Crippen LogP contribution in [-0.4, -0.2) is 30.1 Å². The zero-order chi connectivity index (χ0) is 13.7. The van der Waals surface area contributed by atoms with Crippen molar-refractivity contribution in [1.82, 2.24) is 4.98 Å². The van der Waals surface area contributed by atoms with Gasteiger partial charge < -0.3 is 14.5 Å². The fourth-order valence-electron chi connectivity index (χ4n) is 1.83. The van der Waals surface area contributed by atoms with E-state index in [-0.39, 0.29) is 13.2 Å². The van der Waals surface area contributed by atoms with Gasteiger partial charge >= 0.3 is 11.9 Å². The molecule has 0 saturated heterocycles. The molecule has 1 aromatic heterocycles. The highest BCUT2D eigenvalue weighted by Crippen LogP contribution is 2.23. The number of aryl methyl sites for hydroxylation is 2. The van der Waals surface area contributed by atoms with E-state index in [0.717, 1.165) is 11.3 Å². The van der Waals surface area contributed by atoms with Gasteiger partial charge in [0.25, 0.3) is 0 Å². The summed E-state index contributed by atoms with van der Waals surface area (Å²) in [7, 11) is 0. The summed E-state index contributed by atoms with van der Waals surface area (Å²) in [5.74, 6) is -2.19. The largest absolute Gasteiger partial charge is 0.465 e. The van der Waals surface area contributed by atoms with Gasteiger partial charge in [-0.1, -0.05) is 0 Å². The van der Waals surface area contributed by atoms with Crippen LogP contribution in [-0.2, 0) is 19.1 Å². The summed E-state index contributed by atoms with van der Waals surface area (Å²) < 4.78 is 9.86. The Morgan fingerprint density at radius 2 is 1.67 bits per heavy atom. The van der Waals surface area contributed by atoms with Gasteiger partial charge in [0.05, 0.1) is 13.2 Å². The van der Waals surface area contributed by atoms with Gasteiger partial charge in [0.1, 0.15) is 0 Å². The number of esters is 2. The Kier molecular flexibility index (Phi) is 4.95. The van der Waals surface area contributed by atoms with Gasteiger partial charge in [-0.05, 0) is 39.3 Å². The molecule has 0 aliphatic rings. The normalized spacial score (nSPS) is 10.5. The number of nitrogens with one attached hydrogen (secondary N) is 1. The molecule has 0 spiro atoms. The maximum atomic E-state index is 11.9. The minimum atomic E-state index is -1.03. The van der Waals surface area contributed by atoms with Crippen LogP contribution in [0.15, 0.2) is 6.07 Å². The second-order valence-corrected chi connectivity index (χ2v) is 3.99. The van der Waals surface area contributed by atoms with Crippen molar-refractivity contribution in [2.24, 2.45) is 0 Å². The van der Waals surface area contributed by atoms with Crippen molar-refractivity contribution >= 4 is 11.9 Å². The first-order valence-electron chi connectivity index (χ1n) is 6.00. The summed E-state index contributed by atoms with van der Waals surface area (Å²) in [5, 5.41) is 0. The molecule has 1 rings (SSSR count). The smallest absolute Gasteiger partial charge is 0.326 e. The Morgan fingerprint density at radius 1 is 1.17 bits per heavy atom. The van der Waals surface area contributed by atoms with Crippen LogP contribution in [0.2, 0.25) is 0 Å². The lowest BCUT2D eigenvalue weighted by Crippen LogP contribution is -2.27. The summed E-state index contributed by atoms with van der Waals surface area (Å²) >= 11 is 0. The van der Waals surface area contributed by atoms with Gasteiger partial charge in [0, 0.05) is 11.4 Å². The summed E-state index contributed by atoms with van der Waals surface area (Å²) in [6.07, 6.45) is 0. The topological polar surface area (TPSA) is 68.4 Å². The average Bonchev–Trinajstić information content (AvgIpc) is 2.59. The Bertz CT molecular complexity index is 418. The Morgan fingerprint density at radius 3 is 2.00 bits per heavy atom. The van der Waals surface area contributed by atoms with Crippen molar-refractivity contribution in [2.75, 3.05) is 13.2 Å². The molecule has 0 fully saturated rings. The maximum absolute atomic E-state index is 11.9. The van der Waals surface area contributed by atoms with E-state index >= 15 is 0 Å². The first kappa shape index (κ1) is 14.3. The first-order chi connectivity index (χ1) is 8.51. The van der Waals surface area contributed by atoms with Crippen LogP contribution in [0.3, 0.4) is 0 Å². The van der Waals surface area contributed by atoms with E-state index in [1.807, 2.05) is 19.9 Å². The molecule has 100 valence electrons. The Labute approximate surface area is 106 Å². The van der Waals surface area contributed by atoms with Crippen LogP contribution < -0.4 is 0 Å². The number of H-pyrrole nitrogens is 1. The molecule has 1 aromatic rings. The summed E-state index contributed by atoms with van der Waals surface area (Å²) in [6, 6.07) is 1.88. The Balaban J connectivity index is 3.07. The molecule has 0 aromatic carbocycles. The molecule has 0 bridgehead atoms. The van der Waals surface area contributed by atoms with Gasteiger partial charge in [-0.15, -0.1) is 0 Å². The van der Waals surface area contributed by atoms with Gasteiger partial charge in [0.15, 0.2) is 5.92 Å². The predicted octanol–water partition coefficient (Wildman–Crippen LogP) is 1.84. The standard InChI is InChI=1S/C13H19NO4/c1-5-17-12(15)10(13(16)18-6-2)11-8(3)7-9(4)14-11/h7,10,14H,5-6H2,1-4H3. The quantitative estimate of drug-likeness (QED) is 0.642. The van der Waals surface area contributed by atoms with Crippen LogP contribution in [0.5, 0.6) is 0 Å². The molecule has 0 aliphatic heterocycles. The van der Waals surface area contributed by atoms with Crippen molar-refractivity contribution in [3.05, 3.63) is 23.0 Å². The summed E-state index contributed by atoms with van der Waals surface area (Å²) in [6.45, 7) is 7.56. The van der Waals surface area contributed by atoms with Gasteiger partial charge in [-0.25, -0.2) is 0 Å². The molecule has 1 N–H and O–H groups in total. The molecule has 0 atom stereocenters. The summed E-state index contributed by atoms with van der Waals surface area (Å²) in [5.41, 5.74) is 2.28. The fraction of sp³-hybridized carbons (Fsp3) is 0.538. The highest BCUT2D eigenvalue weighted by Gasteiger charge is 2.33. The number of carbonyl (C=O) groups excluding carboxylic acids is 2. The highest BCUT2D eigenvalue weighted by atomic mass is 16.6. The first-order valence-corrected chi connectivity index (χ1v) is 6.00. The van der Waals surface area contributed by atoms with Crippen molar-refractivity contribution in [2.45, 2.75) is 33.6 Å². The number of carbonyl (C=O) groups is 2. The van der Waals surface area contributed by atoms with Crippen LogP contribution in [0.1, 0.15) is 36.7 Å². The SMILES string of the molecule is CCOC(=O)C(C(=O)OCC)c1[nH]c(C)cc1C. The van der Waals surface area contributed by atoms with Crippen LogP contribution in [0, 0.1) is 13.8 Å². The molecule has 0 radical (unpaired) electrons. The lowest BCUT2D eigenvalue weighted by Gasteiger charge is -2.14. The minimum Gasteiger partial charge on any atom is -0.465 e. The van der Waals surface area contributed by atoms with E-state index in [0.29, 0.717) is 5.69 Å². The monoisotopic (exact) mass is 253 g/mol. The number of aromatic nitrogens is 1. The van der Waals surface area contributed by atoms with E-state index in [1.165, 1.54) is 0 Å². The Hall–Kier alpha value is -1.78. The third kappa shape index (κ3) is 3.12. The maximum Gasteiger partial charge on any atom is 0.326 e. The molecular weight excluding hydrogens is 234 g/mol. The number of ether oxygens (including phenoxy) is 2. The van der Waals surface area contributed by atoms with Crippen molar-refractivity contribution in [3.63, 3.8) is 0 Å². The zero-order valence-corrected chi connectivity index (χ0v) is 11.2. The summed E-state index contributed by atoms with van der Waals surface area (Å²) in [4.78, 5) is 26.8. The van der Waals surface area contributed by atoms with E-state index in [4.69, 9.17) is 9.47 Å². The lowest BCUT2D eigenvalue weighted by molar-refractivity contribution is -0.157. The molecule has 0 amide bonds. The average molecular weight is 253 g/mol. The van der Waals surface area contributed by atoms with Crippen LogP contribution in [0.4, 0.5) is 0 Å². The molecule has 18 heavy (non-hydrogen) atoms. The third-order valence-electron chi connectivity index (χ3n) is 2.52. The predicted molar refractivity (Wildman–Crippen MR) is 66.3 cm³/mol. The molecule has 5 nitrogen and oxygen atoms in total. The third-order valence-corrected chi connectivity index (χ3v) is 2.52. The van der Waals surface area contributed by atoms with Gasteiger partial charge in [-0.3, -0.25) is 9.59 Å². The number of aromatic amines is 1. The lowest BCUT2D eigenvalue weighted by atomic mass is 10.0. The van der Waals surface area contributed by atoms with Crippen molar-refractivity contribution < 1.29 is 19.1 Å². The second kappa shape index (κ2) is 6.23. The van der Waals surface area contributed by atoms with Gasteiger partial charge in [0.2, 0.25) is 0 Å². The zero-order valence-electron chi connectivity index (χ0n) is 11.2. The van der Waals surface area contributed by atoms with Gasteiger partial charge in [-0.2, -0.15) is 0 Å². The fourth-order valence-corrected chi connectivity index (χ4v) is 1.83. The van der Waals surface area contributed by atoms with E-state index in [2.05, 4.69) is 4.98 Å². The molecule has 5 heteroatoms. The van der Waals surface area contributed by atoms with Crippen molar-refractivity contribution in [3.8, 4) is 0 Å². The number of hydrogen-bond acceptors (Lipinski definition) is 4. The molecular formula is C13H19NO4. The number of hydrogen-bond donors (Lipinski definition) is 1. The van der Waals surface area contributed by atoms with E-state index in [1.54, 1.807) is 13.8 Å². The number of rotatable bonds is 5. The van der Waals surface area contributed by atoms with Crippen LogP contribution >= 0.6 is 0 Å².